The standard InChI is InChI=1S/C3H4O2S4/c4-2(6)8-1-9-3(5)7/h1H2,(H,4,6)(H,5,7). The van der Waals surface area contributed by atoms with Gasteiger partial charge in [-0.05, 0) is 0 Å². The average Bonchev–Trinajstić information content (AvgIpc) is 1.63. The molecule has 6 heteroatoms. The molecule has 0 amide bonds. The molecule has 0 fully saturated rings. The van der Waals surface area contributed by atoms with Crippen molar-refractivity contribution in [3.8, 4) is 0 Å². The molecule has 0 spiro atoms. The molecule has 0 bridgehead atoms. The Balaban J connectivity index is 3.10. The van der Waals surface area contributed by atoms with Crippen LogP contribution in [0.2, 0.25) is 0 Å². The van der Waals surface area contributed by atoms with Crippen molar-refractivity contribution < 1.29 is 9.59 Å². The van der Waals surface area contributed by atoms with E-state index in [4.69, 9.17) is 0 Å². The maximum atomic E-state index is 10.1. The summed E-state index contributed by atoms with van der Waals surface area (Å²) < 4.78 is -0.561. The second-order valence-corrected chi connectivity index (χ2v) is 4.62. The maximum Gasteiger partial charge on any atom is 0.243 e. The van der Waals surface area contributed by atoms with Crippen LogP contribution in [0, 0.1) is 0 Å². The summed E-state index contributed by atoms with van der Waals surface area (Å²) in [6, 6.07) is 0. The number of thiol groups is 2. The largest absolute Gasteiger partial charge is 0.275 e. The molecule has 0 saturated heterocycles. The third kappa shape index (κ3) is 8.74. The summed E-state index contributed by atoms with van der Waals surface area (Å²) in [6.45, 7) is 0. The summed E-state index contributed by atoms with van der Waals surface area (Å²) in [6.07, 6.45) is 0. The quantitative estimate of drug-likeness (QED) is 0.530. The molecule has 0 aliphatic heterocycles. The van der Waals surface area contributed by atoms with E-state index in [2.05, 4.69) is 25.3 Å². The third-order valence-corrected chi connectivity index (χ3v) is 2.58. The van der Waals surface area contributed by atoms with E-state index in [0.717, 1.165) is 23.5 Å². The van der Waals surface area contributed by atoms with Gasteiger partial charge in [0.25, 0.3) is 0 Å². The minimum atomic E-state index is -0.280. The minimum absolute atomic E-state index is 0.280. The summed E-state index contributed by atoms with van der Waals surface area (Å²) in [7, 11) is 0. The Bertz CT molecular complexity index is 109. The second-order valence-electron chi connectivity index (χ2n) is 0.938. The molecule has 0 N–H and O–H groups in total. The van der Waals surface area contributed by atoms with E-state index in [9.17, 15) is 9.59 Å². The molecule has 0 atom stereocenters. The van der Waals surface area contributed by atoms with E-state index in [1.54, 1.807) is 0 Å². The molecule has 0 aliphatic carbocycles. The van der Waals surface area contributed by atoms with Crippen molar-refractivity contribution in [1.29, 1.82) is 0 Å². The number of hydrogen-bond donors (Lipinski definition) is 2. The van der Waals surface area contributed by atoms with Gasteiger partial charge in [-0.2, -0.15) is 0 Å². The number of hydrogen-bond acceptors (Lipinski definition) is 4. The van der Waals surface area contributed by atoms with Gasteiger partial charge in [0, 0.05) is 0 Å². The molecule has 0 aromatic heterocycles. The molecule has 2 nitrogen and oxygen atoms in total. The van der Waals surface area contributed by atoms with Crippen LogP contribution < -0.4 is 0 Å². The predicted octanol–water partition coefficient (Wildman–Crippen LogP) is 2.51. The van der Waals surface area contributed by atoms with Crippen LogP contribution in [-0.2, 0) is 0 Å². The molecule has 52 valence electrons. The van der Waals surface area contributed by atoms with Crippen LogP contribution in [0.4, 0.5) is 9.59 Å². The fourth-order valence-electron chi connectivity index (χ4n) is 0.130. The van der Waals surface area contributed by atoms with E-state index in [-0.39, 0.29) is 8.89 Å². The molecule has 0 aromatic rings. The Morgan fingerprint density at radius 3 is 1.67 bits per heavy atom. The number of carbonyl (C=O) groups excluding carboxylic acids is 2. The highest BCUT2D eigenvalue weighted by molar-refractivity contribution is 8.42. The zero-order valence-corrected chi connectivity index (χ0v) is 7.66. The summed E-state index contributed by atoms with van der Waals surface area (Å²) in [4.78, 5) is 20.2. The van der Waals surface area contributed by atoms with Gasteiger partial charge in [-0.3, -0.25) is 9.59 Å². The Morgan fingerprint density at radius 1 is 1.11 bits per heavy atom. The van der Waals surface area contributed by atoms with Crippen LogP contribution in [-0.4, -0.2) is 14.0 Å². The summed E-state index contributed by atoms with van der Waals surface area (Å²) in [5, 5.41) is 0.394. The van der Waals surface area contributed by atoms with Gasteiger partial charge in [-0.1, -0.05) is 48.8 Å². The lowest BCUT2D eigenvalue weighted by molar-refractivity contribution is 0.276. The van der Waals surface area contributed by atoms with Crippen LogP contribution in [0.15, 0.2) is 0 Å². The molecular formula is C3H4O2S4. The van der Waals surface area contributed by atoms with Crippen molar-refractivity contribution in [3.63, 3.8) is 0 Å². The van der Waals surface area contributed by atoms with Crippen molar-refractivity contribution in [1.82, 2.24) is 0 Å². The van der Waals surface area contributed by atoms with E-state index >= 15 is 0 Å². The van der Waals surface area contributed by atoms with Gasteiger partial charge in [-0.25, -0.2) is 0 Å². The van der Waals surface area contributed by atoms with Gasteiger partial charge < -0.3 is 0 Å². The van der Waals surface area contributed by atoms with E-state index in [1.807, 2.05) is 0 Å². The summed E-state index contributed by atoms with van der Waals surface area (Å²) >= 11 is 8.91. The molecule has 0 rings (SSSR count). The first-order valence-corrected chi connectivity index (χ1v) is 4.71. The van der Waals surface area contributed by atoms with Crippen LogP contribution in [0.1, 0.15) is 0 Å². The molecule has 0 saturated carbocycles. The number of rotatable bonds is 2. The highest BCUT2D eigenvalue weighted by atomic mass is 32.2. The van der Waals surface area contributed by atoms with Crippen molar-refractivity contribution in [3.05, 3.63) is 0 Å². The van der Waals surface area contributed by atoms with Crippen molar-refractivity contribution >= 4 is 57.7 Å². The van der Waals surface area contributed by atoms with Crippen molar-refractivity contribution in [2.75, 3.05) is 5.08 Å². The normalized spacial score (nSPS) is 9.11. The minimum Gasteiger partial charge on any atom is -0.275 e. The van der Waals surface area contributed by atoms with E-state index < -0.39 is 0 Å². The third-order valence-electron chi connectivity index (χ3n) is 0.365. The van der Waals surface area contributed by atoms with Gasteiger partial charge in [0.1, 0.15) is 0 Å². The predicted molar refractivity (Wildman–Crippen MR) is 48.8 cm³/mol. The Hall–Kier alpha value is 0.740. The molecular weight excluding hydrogens is 196 g/mol. The van der Waals surface area contributed by atoms with Gasteiger partial charge in [0.2, 0.25) is 8.89 Å². The lowest BCUT2D eigenvalue weighted by atomic mass is 11.8. The molecule has 0 aliphatic rings. The molecule has 0 unspecified atom stereocenters. The van der Waals surface area contributed by atoms with Gasteiger partial charge in [0.05, 0.1) is 5.08 Å². The first-order chi connectivity index (χ1) is 4.13. The highest BCUT2D eigenvalue weighted by Gasteiger charge is 1.97. The molecule has 0 heterocycles. The average molecular weight is 200 g/mol. The number of thioether (sulfide) groups is 2. The zero-order chi connectivity index (χ0) is 7.28. The van der Waals surface area contributed by atoms with Crippen molar-refractivity contribution in [2.24, 2.45) is 0 Å². The lowest BCUT2D eigenvalue weighted by Crippen LogP contribution is -1.78. The van der Waals surface area contributed by atoms with Crippen LogP contribution >= 0.6 is 48.8 Å². The Labute approximate surface area is 72.3 Å². The summed E-state index contributed by atoms with van der Waals surface area (Å²) in [5.41, 5.74) is 0. The SMILES string of the molecule is O=C(S)SCSC(=O)S. The highest BCUT2D eigenvalue weighted by Crippen LogP contribution is 2.17. The number of carbonyl (C=O) groups is 2. The molecule has 9 heavy (non-hydrogen) atoms. The van der Waals surface area contributed by atoms with Gasteiger partial charge in [0.15, 0.2) is 0 Å². The zero-order valence-electron chi connectivity index (χ0n) is 4.23. The van der Waals surface area contributed by atoms with Gasteiger partial charge >= 0.3 is 0 Å². The van der Waals surface area contributed by atoms with Crippen molar-refractivity contribution in [2.45, 2.75) is 0 Å². The summed E-state index contributed by atoms with van der Waals surface area (Å²) in [5.74, 6) is 0. The maximum absolute atomic E-state index is 10.1. The van der Waals surface area contributed by atoms with Crippen LogP contribution in [0.25, 0.3) is 0 Å². The molecule has 0 aromatic carbocycles. The molecule has 0 radical (unpaired) electrons. The fourth-order valence-corrected chi connectivity index (χ4v) is 2.12. The lowest BCUT2D eigenvalue weighted by Gasteiger charge is -1.89. The Kier molecular flexibility index (Phi) is 5.97. The first kappa shape index (κ1) is 9.74. The monoisotopic (exact) mass is 200 g/mol. The topological polar surface area (TPSA) is 34.1 Å². The van der Waals surface area contributed by atoms with Crippen LogP contribution in [0.3, 0.4) is 0 Å². The first-order valence-electron chi connectivity index (χ1n) is 1.84. The van der Waals surface area contributed by atoms with Gasteiger partial charge in [-0.15, -0.1) is 0 Å². The fraction of sp³-hybridized carbons (Fsp3) is 0.333. The van der Waals surface area contributed by atoms with E-state index in [0.29, 0.717) is 5.08 Å². The Morgan fingerprint density at radius 2 is 1.44 bits per heavy atom. The van der Waals surface area contributed by atoms with Crippen LogP contribution in [0.5, 0.6) is 0 Å². The second kappa shape index (κ2) is 5.52. The van der Waals surface area contributed by atoms with E-state index in [1.165, 1.54) is 0 Å². The smallest absolute Gasteiger partial charge is 0.243 e.